The molecule has 0 amide bonds. The number of hydrogen-bond donors (Lipinski definition) is 1. The number of halogens is 2. The van der Waals surface area contributed by atoms with Crippen molar-refractivity contribution in [1.29, 1.82) is 0 Å². The molecule has 0 bridgehead atoms. The molecule has 8 heterocycles. The van der Waals surface area contributed by atoms with Crippen LogP contribution in [0.2, 0.25) is 5.15 Å². The van der Waals surface area contributed by atoms with Crippen LogP contribution in [-0.2, 0) is 0 Å². The zero-order valence-electron chi connectivity index (χ0n) is 60.0. The Balaban J connectivity index is 0.000000133. The van der Waals surface area contributed by atoms with Gasteiger partial charge >= 0.3 is 29.6 Å². The summed E-state index contributed by atoms with van der Waals surface area (Å²) in [5.41, 5.74) is 24.6. The number of anilines is 6. The number of fused-ring (bicyclic) bond motifs is 18. The summed E-state index contributed by atoms with van der Waals surface area (Å²) in [6.45, 7) is 0. The van der Waals surface area contributed by atoms with Crippen LogP contribution in [0.25, 0.3) is 161 Å². The summed E-state index contributed by atoms with van der Waals surface area (Å²) in [4.78, 5) is 25.5. The molecule has 510 valence electrons. The van der Waals surface area contributed by atoms with Crippen molar-refractivity contribution in [2.24, 2.45) is 0 Å². The zero-order chi connectivity index (χ0) is 72.2. The molecule has 108 heavy (non-hydrogen) atoms. The molecule has 0 saturated carbocycles. The molecular formula is C93H60ClFN8NaO4+. The first-order chi connectivity index (χ1) is 53.4. The predicted octanol–water partition coefficient (Wildman–Crippen LogP) is 23.3. The SMILES string of the molecule is Clc1ncnc2c1oc1ccccc12.[2H]CF.[C+]1=Cc2[nH]c3ccc(-c4cccc(N(c5ccccc5)c5ccc6oc7ccccc7c6c5)c4)cc3c2C=C1.[H-].[Na+].c1ccc(N(c2cccc(-c3ccc4c(c3)c3ccccc3n4-c3ncnc4c3oc3ccccc34)c2)c2ccc3oc4ccccc4c3c2)cc1. The van der Waals surface area contributed by atoms with Gasteiger partial charge in [-0.05, 0) is 174 Å². The van der Waals surface area contributed by atoms with Crippen molar-refractivity contribution in [3.05, 3.63) is 345 Å². The number of rotatable bonds is 9. The summed E-state index contributed by atoms with van der Waals surface area (Å²) < 4.78 is 41.9. The average Bonchev–Trinajstić information content (AvgIpc) is 1.57. The minimum absolute atomic E-state index is 0. The number of aromatic nitrogens is 6. The van der Waals surface area contributed by atoms with E-state index < -0.39 is 7.15 Å². The van der Waals surface area contributed by atoms with Crippen LogP contribution in [0.5, 0.6) is 0 Å². The fraction of sp³-hybridized carbons (Fsp3) is 0.0108. The van der Waals surface area contributed by atoms with Crippen molar-refractivity contribution < 1.29 is 54.4 Å². The summed E-state index contributed by atoms with van der Waals surface area (Å²) in [6, 6.07) is 105. The Morgan fingerprint density at radius 2 is 0.843 bits per heavy atom. The molecule has 1 aliphatic rings. The van der Waals surface area contributed by atoms with E-state index in [1.165, 1.54) is 28.4 Å². The minimum atomic E-state index is -1.00. The quantitative estimate of drug-likeness (QED) is 0.0846. The number of H-pyrrole nitrogens is 1. The van der Waals surface area contributed by atoms with E-state index in [9.17, 15) is 4.39 Å². The van der Waals surface area contributed by atoms with Crippen LogP contribution in [0.1, 0.15) is 14.1 Å². The standard InChI is InChI=1S/C46H28N4O2.C36H23N2O.C10H5ClN2O.CH3F.Na.H/c1-2-12-31(13-3-1)49(33-22-24-43-38(27-33)35-16-5-8-19-41(35)51-43)32-14-10-11-29(25-32)30-21-23-40-37(26-30)34-15-4-7-18-39(34)50(40)46-45-44(47-28-48-46)36-17-6-9-20-42(36)52-45;1-2-10-26(11-3-1)38(28-18-20-36-32(23-28)30-14-5-7-16-35(30)39-36)27-12-8-9-24(21-27)25-17-19-34-31(22-25)29-13-4-6-15-33(29)37-34;11-10-9-8(12-5-13-10)6-3-1-2-4-7(6)14-9;1-2;;/h1-28H;1-5,7-23,37H;1-5H;1H3;;/q;+1;;;+1;-1/i;;;1D;;. The molecule has 1 N–H and O–H groups in total. The maximum absolute atomic E-state index is 9.96. The summed E-state index contributed by atoms with van der Waals surface area (Å²) in [5, 5.41) is 10.2. The van der Waals surface area contributed by atoms with E-state index in [4.69, 9.17) is 35.6 Å². The van der Waals surface area contributed by atoms with E-state index >= 15 is 0 Å². The third-order valence-electron chi connectivity index (χ3n) is 19.7. The number of nitrogens with one attached hydrogen (secondary N) is 1. The van der Waals surface area contributed by atoms with Crippen molar-refractivity contribution in [1.82, 2.24) is 29.5 Å². The van der Waals surface area contributed by atoms with E-state index in [0.717, 1.165) is 161 Å². The number of allylic oxidation sites excluding steroid dienone is 2. The molecule has 0 fully saturated rings. The first-order valence-corrected chi connectivity index (χ1v) is 35.2. The van der Waals surface area contributed by atoms with E-state index in [-0.39, 0.29) is 31.0 Å². The molecule has 0 atom stereocenters. The molecule has 0 aliphatic heterocycles. The maximum Gasteiger partial charge on any atom is 1.00 e. The predicted molar refractivity (Wildman–Crippen MR) is 436 cm³/mol. The number of nitrogens with zero attached hydrogens (tertiary/aromatic N) is 7. The normalized spacial score (nSPS) is 11.7. The van der Waals surface area contributed by atoms with Gasteiger partial charge in [0.05, 0.1) is 31.2 Å². The van der Waals surface area contributed by atoms with Crippen LogP contribution >= 0.6 is 11.6 Å². The van der Waals surface area contributed by atoms with Crippen LogP contribution in [0.4, 0.5) is 38.5 Å². The van der Waals surface area contributed by atoms with Crippen molar-refractivity contribution in [2.75, 3.05) is 17.0 Å². The Labute approximate surface area is 647 Å². The van der Waals surface area contributed by atoms with Gasteiger partial charge in [-0.25, -0.2) is 19.9 Å². The third kappa shape index (κ3) is 11.9. The molecule has 22 rings (SSSR count). The third-order valence-corrected chi connectivity index (χ3v) is 20.0. The number of furan rings is 4. The van der Waals surface area contributed by atoms with Crippen LogP contribution in [0.15, 0.2) is 340 Å². The maximum atomic E-state index is 9.96. The summed E-state index contributed by atoms with van der Waals surface area (Å²) in [7, 11) is -1.00. The average molecular weight is 1430 g/mol. The molecule has 13 aromatic carbocycles. The number of aromatic amines is 1. The van der Waals surface area contributed by atoms with Crippen molar-refractivity contribution in [3.8, 4) is 28.1 Å². The van der Waals surface area contributed by atoms with Gasteiger partial charge in [0, 0.05) is 88.7 Å². The molecule has 0 unspecified atom stereocenters. The van der Waals surface area contributed by atoms with Gasteiger partial charge in [-0.2, -0.15) is 0 Å². The van der Waals surface area contributed by atoms with Gasteiger partial charge < -0.3 is 33.9 Å². The molecule has 0 radical (unpaired) electrons. The van der Waals surface area contributed by atoms with Gasteiger partial charge in [0.15, 0.2) is 27.8 Å². The Kier molecular flexibility index (Phi) is 17.2. The smallest absolute Gasteiger partial charge is 1.00 e. The zero-order valence-corrected chi connectivity index (χ0v) is 60.7. The van der Waals surface area contributed by atoms with Crippen molar-refractivity contribution in [3.63, 3.8) is 0 Å². The topological polar surface area (TPSA) is 131 Å². The Morgan fingerprint density at radius 1 is 0.398 bits per heavy atom. The van der Waals surface area contributed by atoms with E-state index in [1.807, 2.05) is 84.9 Å². The van der Waals surface area contributed by atoms with Crippen molar-refractivity contribution >= 4 is 179 Å². The molecule has 12 nitrogen and oxygen atoms in total. The van der Waals surface area contributed by atoms with Crippen LogP contribution < -0.4 is 39.4 Å². The van der Waals surface area contributed by atoms with E-state index in [1.54, 1.807) is 6.33 Å². The fourth-order valence-corrected chi connectivity index (χ4v) is 15.1. The minimum Gasteiger partial charge on any atom is -1.00 e. The van der Waals surface area contributed by atoms with Gasteiger partial charge in [0.25, 0.3) is 0 Å². The van der Waals surface area contributed by atoms with Gasteiger partial charge in [0.1, 0.15) is 74.9 Å². The van der Waals surface area contributed by atoms with Crippen LogP contribution in [-0.4, -0.2) is 36.6 Å². The molecule has 0 spiro atoms. The number of alkyl halides is 1. The molecule has 21 aromatic rings. The largest absolute Gasteiger partial charge is 1.00 e. The molecule has 0 saturated heterocycles. The first kappa shape index (κ1) is 65.5. The second-order valence-electron chi connectivity index (χ2n) is 25.9. The van der Waals surface area contributed by atoms with Gasteiger partial charge in [-0.15, -0.1) is 0 Å². The van der Waals surface area contributed by atoms with Crippen LogP contribution in [0, 0.1) is 6.08 Å². The van der Waals surface area contributed by atoms with E-state index in [2.05, 4.69) is 277 Å². The second-order valence-corrected chi connectivity index (χ2v) is 26.2. The summed E-state index contributed by atoms with van der Waals surface area (Å²) in [6.07, 6.45) is 12.3. The molecular weight excluding hydrogens is 1370 g/mol. The molecule has 1 aliphatic carbocycles. The molecule has 15 heteroatoms. The van der Waals surface area contributed by atoms with Crippen molar-refractivity contribution in [2.45, 2.75) is 0 Å². The number of para-hydroxylation sites is 7. The van der Waals surface area contributed by atoms with E-state index in [0.29, 0.717) is 16.3 Å². The summed E-state index contributed by atoms with van der Waals surface area (Å²) >= 11 is 5.88. The van der Waals surface area contributed by atoms with Gasteiger partial charge in [-0.3, -0.25) is 8.96 Å². The fourth-order valence-electron chi connectivity index (χ4n) is 14.9. The Morgan fingerprint density at radius 3 is 1.44 bits per heavy atom. The second kappa shape index (κ2) is 28.3. The first-order valence-electron chi connectivity index (χ1n) is 35.5. The monoisotopic (exact) mass is 1430 g/mol. The number of hydrogen-bond acceptors (Lipinski definition) is 10. The number of benzene rings is 13. The Hall–Kier alpha value is -13.2. The molecule has 8 aromatic heterocycles. The van der Waals surface area contributed by atoms with Crippen LogP contribution in [0.3, 0.4) is 0 Å². The van der Waals surface area contributed by atoms with Gasteiger partial charge in [0.2, 0.25) is 0 Å². The Bertz CT molecular complexity index is 7090. The van der Waals surface area contributed by atoms with Gasteiger partial charge in [-0.1, -0.05) is 163 Å². The summed E-state index contributed by atoms with van der Waals surface area (Å²) in [5.74, 6) is 0.725.